The molecule has 3 aromatic rings. The average molecular weight is 503 g/mol. The molecule has 0 bridgehead atoms. The molecule has 0 aliphatic carbocycles. The highest BCUT2D eigenvalue weighted by Crippen LogP contribution is 2.25. The maximum Gasteiger partial charge on any atom is 0.267 e. The van der Waals surface area contributed by atoms with Crippen LogP contribution in [0.25, 0.3) is 0 Å². The molecular weight excluding hydrogens is 479 g/mol. The van der Waals surface area contributed by atoms with Crippen LogP contribution in [0.4, 0.5) is 4.39 Å². The fourth-order valence-corrected chi connectivity index (χ4v) is 4.27. The molecule has 0 saturated carbocycles. The second-order valence-corrected chi connectivity index (χ2v) is 9.43. The third kappa shape index (κ3) is 6.62. The van der Waals surface area contributed by atoms with E-state index in [1.54, 1.807) is 0 Å². The maximum atomic E-state index is 13.0. The molecule has 184 valence electrons. The second kappa shape index (κ2) is 10.9. The minimum Gasteiger partial charge on any atom is -0.457 e. The zero-order valence-electron chi connectivity index (χ0n) is 18.4. The maximum absolute atomic E-state index is 13.0. The van der Waals surface area contributed by atoms with Crippen LogP contribution in [0.15, 0.2) is 83.8 Å². The van der Waals surface area contributed by atoms with Crippen LogP contribution in [-0.2, 0) is 30.9 Å². The average Bonchev–Trinajstić information content (AvgIpc) is 3.33. The molecule has 1 saturated heterocycles. The highest BCUT2D eigenvalue weighted by atomic mass is 32.2. The van der Waals surface area contributed by atoms with Gasteiger partial charge in [-0.25, -0.2) is 12.8 Å². The summed E-state index contributed by atoms with van der Waals surface area (Å²) in [5.74, 6) is -1.37. The van der Waals surface area contributed by atoms with Gasteiger partial charge in [0.05, 0.1) is 24.0 Å². The Morgan fingerprint density at radius 2 is 1.66 bits per heavy atom. The number of amides is 1. The number of benzene rings is 3. The number of carbonyl (C=O) groups is 1. The Labute approximate surface area is 201 Å². The van der Waals surface area contributed by atoms with Crippen molar-refractivity contribution in [2.45, 2.75) is 24.2 Å². The first kappa shape index (κ1) is 24.8. The Bertz CT molecular complexity index is 1240. The molecule has 0 radical (unpaired) electrons. The fourth-order valence-electron chi connectivity index (χ4n) is 3.35. The number of hydrogen-bond donors (Lipinski definition) is 2. The zero-order valence-corrected chi connectivity index (χ0v) is 19.2. The summed E-state index contributed by atoms with van der Waals surface area (Å²) < 4.78 is 54.8. The number of nitrogens with one attached hydrogen (secondary N) is 1. The van der Waals surface area contributed by atoms with Gasteiger partial charge >= 0.3 is 0 Å². The molecular formula is C24H23FN2O7S. The highest BCUT2D eigenvalue weighted by Gasteiger charge is 2.35. The van der Waals surface area contributed by atoms with Gasteiger partial charge in [-0.15, -0.1) is 5.17 Å². The van der Waals surface area contributed by atoms with Gasteiger partial charge in [-0.3, -0.25) is 10.0 Å². The summed E-state index contributed by atoms with van der Waals surface area (Å²) in [6.07, 6.45) is -0.484. The number of hydrazine groups is 1. The lowest BCUT2D eigenvalue weighted by Crippen LogP contribution is -2.46. The number of hydroxylamine groups is 1. The van der Waals surface area contributed by atoms with Crippen LogP contribution >= 0.6 is 0 Å². The lowest BCUT2D eigenvalue weighted by molar-refractivity contribution is -0.177. The van der Waals surface area contributed by atoms with Gasteiger partial charge in [0.1, 0.15) is 17.3 Å². The van der Waals surface area contributed by atoms with Gasteiger partial charge in [-0.2, -0.15) is 0 Å². The standard InChI is InChI=1S/C24H23FN2O7S/c25-19-6-8-20(9-7-19)34-21-10-12-22(13-11-21)35(30,31)26-27(29)24(28)18-14-23(33-16-18)32-15-17-4-2-1-3-5-17/h1-13,18,23,26,29H,14-16H2. The first-order valence-corrected chi connectivity index (χ1v) is 12.1. The molecule has 2 atom stereocenters. The van der Waals surface area contributed by atoms with E-state index < -0.39 is 34.0 Å². The van der Waals surface area contributed by atoms with Crippen molar-refractivity contribution in [2.24, 2.45) is 5.92 Å². The van der Waals surface area contributed by atoms with Crippen LogP contribution in [-0.4, -0.2) is 37.6 Å². The fraction of sp³-hybridized carbons (Fsp3) is 0.208. The molecule has 11 heteroatoms. The normalized spacial score (nSPS) is 17.8. The molecule has 2 unspecified atom stereocenters. The van der Waals surface area contributed by atoms with Gasteiger partial charge in [0.25, 0.3) is 15.9 Å². The van der Waals surface area contributed by atoms with Crippen molar-refractivity contribution in [3.63, 3.8) is 0 Å². The largest absolute Gasteiger partial charge is 0.457 e. The Hall–Kier alpha value is -3.35. The van der Waals surface area contributed by atoms with Crippen molar-refractivity contribution < 1.29 is 37.0 Å². The number of ether oxygens (including phenoxy) is 3. The van der Waals surface area contributed by atoms with E-state index in [-0.39, 0.29) is 23.1 Å². The lowest BCUT2D eigenvalue weighted by atomic mass is 10.1. The van der Waals surface area contributed by atoms with Crippen LogP contribution < -0.4 is 9.57 Å². The summed E-state index contributed by atoms with van der Waals surface area (Å²) in [6.45, 7) is 0.273. The molecule has 1 fully saturated rings. The molecule has 0 spiro atoms. The Kier molecular flexibility index (Phi) is 7.73. The van der Waals surface area contributed by atoms with Crippen molar-refractivity contribution in [1.29, 1.82) is 0 Å². The third-order valence-electron chi connectivity index (χ3n) is 5.19. The Morgan fingerprint density at radius 1 is 1.03 bits per heavy atom. The Morgan fingerprint density at radius 3 is 2.31 bits per heavy atom. The smallest absolute Gasteiger partial charge is 0.267 e. The van der Waals surface area contributed by atoms with E-state index in [1.807, 2.05) is 35.2 Å². The first-order valence-electron chi connectivity index (χ1n) is 10.7. The topological polar surface area (TPSA) is 114 Å². The third-order valence-corrected chi connectivity index (χ3v) is 6.49. The van der Waals surface area contributed by atoms with Crippen molar-refractivity contribution in [1.82, 2.24) is 10.0 Å². The second-order valence-electron chi connectivity index (χ2n) is 7.76. The molecule has 1 aliphatic rings. The molecule has 0 aromatic heterocycles. The Balaban J connectivity index is 1.29. The van der Waals surface area contributed by atoms with E-state index in [0.29, 0.717) is 18.1 Å². The number of hydrogen-bond acceptors (Lipinski definition) is 7. The van der Waals surface area contributed by atoms with Gasteiger partial charge in [-0.1, -0.05) is 35.2 Å². The van der Waals surface area contributed by atoms with Crippen molar-refractivity contribution in [3.8, 4) is 11.5 Å². The summed E-state index contributed by atoms with van der Waals surface area (Å²) >= 11 is 0. The van der Waals surface area contributed by atoms with Crippen LogP contribution in [0.3, 0.4) is 0 Å². The predicted molar refractivity (Wildman–Crippen MR) is 121 cm³/mol. The highest BCUT2D eigenvalue weighted by molar-refractivity contribution is 7.89. The number of carbonyl (C=O) groups excluding carboxylic acids is 1. The van der Waals surface area contributed by atoms with E-state index in [0.717, 1.165) is 5.56 Å². The predicted octanol–water partition coefficient (Wildman–Crippen LogP) is 3.61. The quantitative estimate of drug-likeness (QED) is 0.339. The van der Waals surface area contributed by atoms with Crippen LogP contribution in [0.1, 0.15) is 12.0 Å². The van der Waals surface area contributed by atoms with Crippen molar-refractivity contribution >= 4 is 15.9 Å². The molecule has 3 aromatic carbocycles. The molecule has 2 N–H and O–H groups in total. The van der Waals surface area contributed by atoms with Crippen molar-refractivity contribution in [3.05, 3.63) is 90.2 Å². The molecule has 1 aliphatic heterocycles. The summed E-state index contributed by atoms with van der Waals surface area (Å²) in [5.41, 5.74) is 0.941. The van der Waals surface area contributed by atoms with Crippen molar-refractivity contribution in [2.75, 3.05) is 6.61 Å². The zero-order chi connectivity index (χ0) is 24.8. The van der Waals surface area contributed by atoms with E-state index in [1.165, 1.54) is 48.5 Å². The van der Waals surface area contributed by atoms with E-state index in [9.17, 15) is 22.8 Å². The van der Waals surface area contributed by atoms with E-state index >= 15 is 0 Å². The number of sulfonamides is 1. The minimum absolute atomic E-state index is 0.0213. The summed E-state index contributed by atoms with van der Waals surface area (Å²) in [6, 6.07) is 20.0. The minimum atomic E-state index is -4.26. The number of halogens is 1. The van der Waals surface area contributed by atoms with Gasteiger partial charge in [0.15, 0.2) is 6.29 Å². The summed E-state index contributed by atoms with van der Waals surface area (Å²) in [7, 11) is -4.26. The van der Waals surface area contributed by atoms with E-state index in [2.05, 4.69) is 0 Å². The molecule has 4 rings (SSSR count). The number of rotatable bonds is 9. The lowest BCUT2D eigenvalue weighted by Gasteiger charge is -2.19. The van der Waals surface area contributed by atoms with Crippen LogP contribution in [0.2, 0.25) is 0 Å². The van der Waals surface area contributed by atoms with Gasteiger partial charge in [0.2, 0.25) is 0 Å². The number of nitrogens with zero attached hydrogens (tertiary/aromatic N) is 1. The van der Waals surface area contributed by atoms with Crippen LogP contribution in [0, 0.1) is 11.7 Å². The van der Waals surface area contributed by atoms with Gasteiger partial charge < -0.3 is 14.2 Å². The summed E-state index contributed by atoms with van der Waals surface area (Å²) in [4.78, 5) is 14.1. The van der Waals surface area contributed by atoms with Gasteiger partial charge in [0, 0.05) is 6.42 Å². The first-order chi connectivity index (χ1) is 16.8. The van der Waals surface area contributed by atoms with Gasteiger partial charge in [-0.05, 0) is 54.1 Å². The van der Waals surface area contributed by atoms with Crippen LogP contribution in [0.5, 0.6) is 11.5 Å². The molecule has 1 amide bonds. The molecule has 1 heterocycles. The molecule has 9 nitrogen and oxygen atoms in total. The monoisotopic (exact) mass is 502 g/mol. The SMILES string of the molecule is O=C(C1COC(OCc2ccccc2)C1)N(O)NS(=O)(=O)c1ccc(Oc2ccc(F)cc2)cc1. The molecule has 35 heavy (non-hydrogen) atoms. The van der Waals surface area contributed by atoms with E-state index in [4.69, 9.17) is 14.2 Å². The summed E-state index contributed by atoms with van der Waals surface area (Å²) in [5, 5.41) is 10.0.